The standard InChI is InChI=1S/C9H10.C7H6O/c1-2-6-9-7-4-3-5-8-9;8-6-7-4-2-1-3-5-7/h2-5,7-8H,1,6H2;1-6H. The van der Waals surface area contributed by atoms with E-state index >= 15 is 0 Å². The van der Waals surface area contributed by atoms with Gasteiger partial charge in [0.1, 0.15) is 6.29 Å². The molecule has 86 valence electrons. The average molecular weight is 224 g/mol. The van der Waals surface area contributed by atoms with Crippen molar-refractivity contribution in [2.24, 2.45) is 0 Å². The first-order chi connectivity index (χ1) is 8.36. The van der Waals surface area contributed by atoms with Gasteiger partial charge in [-0.1, -0.05) is 66.7 Å². The van der Waals surface area contributed by atoms with E-state index in [0.717, 1.165) is 18.3 Å². The quantitative estimate of drug-likeness (QED) is 0.570. The molecule has 0 saturated carbocycles. The predicted octanol–water partition coefficient (Wildman–Crippen LogP) is 3.91. The number of carbonyl (C=O) groups is 1. The molecule has 0 aliphatic carbocycles. The monoisotopic (exact) mass is 224 g/mol. The van der Waals surface area contributed by atoms with Crippen molar-refractivity contribution in [3.63, 3.8) is 0 Å². The number of benzene rings is 2. The van der Waals surface area contributed by atoms with Gasteiger partial charge in [-0.2, -0.15) is 0 Å². The molecule has 0 spiro atoms. The highest BCUT2D eigenvalue weighted by atomic mass is 16.1. The average Bonchev–Trinajstić information content (AvgIpc) is 2.42. The van der Waals surface area contributed by atoms with Gasteiger partial charge in [-0.15, -0.1) is 6.58 Å². The molecule has 2 aromatic carbocycles. The molecule has 0 bridgehead atoms. The van der Waals surface area contributed by atoms with Gasteiger partial charge in [0, 0.05) is 5.56 Å². The van der Waals surface area contributed by atoms with Crippen LogP contribution in [-0.4, -0.2) is 6.29 Å². The lowest BCUT2D eigenvalue weighted by Crippen LogP contribution is -1.75. The van der Waals surface area contributed by atoms with Gasteiger partial charge < -0.3 is 0 Å². The fourth-order valence-corrected chi connectivity index (χ4v) is 1.31. The van der Waals surface area contributed by atoms with E-state index in [1.54, 1.807) is 12.1 Å². The zero-order valence-electron chi connectivity index (χ0n) is 9.75. The number of carbonyl (C=O) groups excluding carboxylic acids is 1. The first kappa shape index (κ1) is 12.9. The molecule has 0 aliphatic rings. The van der Waals surface area contributed by atoms with Crippen LogP contribution in [0.1, 0.15) is 15.9 Å². The molecule has 2 rings (SSSR count). The summed E-state index contributed by atoms with van der Waals surface area (Å²) in [6.45, 7) is 3.66. The number of allylic oxidation sites excluding steroid dienone is 1. The smallest absolute Gasteiger partial charge is 0.150 e. The molecule has 1 nitrogen and oxygen atoms in total. The largest absolute Gasteiger partial charge is 0.298 e. The second kappa shape index (κ2) is 8.05. The minimum atomic E-state index is 0.729. The zero-order valence-corrected chi connectivity index (χ0v) is 9.75. The maximum Gasteiger partial charge on any atom is 0.150 e. The van der Waals surface area contributed by atoms with Gasteiger partial charge in [0.05, 0.1) is 0 Å². The topological polar surface area (TPSA) is 17.1 Å². The Morgan fingerprint density at radius 1 is 0.882 bits per heavy atom. The van der Waals surface area contributed by atoms with Gasteiger partial charge in [0.2, 0.25) is 0 Å². The number of hydrogen-bond acceptors (Lipinski definition) is 1. The fourth-order valence-electron chi connectivity index (χ4n) is 1.31. The molecule has 0 aliphatic heterocycles. The SMILES string of the molecule is C=CCc1ccccc1.O=Cc1ccccc1. The lowest BCUT2D eigenvalue weighted by Gasteiger charge is -1.91. The first-order valence-corrected chi connectivity index (χ1v) is 5.52. The predicted molar refractivity (Wildman–Crippen MR) is 72.2 cm³/mol. The van der Waals surface area contributed by atoms with E-state index in [1.165, 1.54) is 5.56 Å². The molecule has 0 saturated heterocycles. The summed E-state index contributed by atoms with van der Waals surface area (Å²) < 4.78 is 0. The Balaban J connectivity index is 0.000000171. The molecule has 0 fully saturated rings. The van der Waals surface area contributed by atoms with E-state index in [9.17, 15) is 4.79 Å². The van der Waals surface area contributed by atoms with Crippen LogP contribution in [-0.2, 0) is 6.42 Å². The Morgan fingerprint density at radius 3 is 1.82 bits per heavy atom. The maximum absolute atomic E-state index is 10.0. The van der Waals surface area contributed by atoms with Crippen LogP contribution in [0.2, 0.25) is 0 Å². The highest BCUT2D eigenvalue weighted by Crippen LogP contribution is 1.98. The molecule has 2 aromatic rings. The maximum atomic E-state index is 10.0. The highest BCUT2D eigenvalue weighted by Gasteiger charge is 1.82. The van der Waals surface area contributed by atoms with Gasteiger partial charge in [0.25, 0.3) is 0 Å². The van der Waals surface area contributed by atoms with Gasteiger partial charge in [0.15, 0.2) is 0 Å². The van der Waals surface area contributed by atoms with Crippen LogP contribution in [0.25, 0.3) is 0 Å². The Labute approximate surface area is 102 Å². The zero-order chi connectivity index (χ0) is 12.3. The fraction of sp³-hybridized carbons (Fsp3) is 0.0625. The van der Waals surface area contributed by atoms with E-state index in [0.29, 0.717) is 0 Å². The summed E-state index contributed by atoms with van der Waals surface area (Å²) in [6, 6.07) is 19.4. The van der Waals surface area contributed by atoms with E-state index in [4.69, 9.17) is 0 Å². The van der Waals surface area contributed by atoms with Crippen LogP contribution in [0.5, 0.6) is 0 Å². The summed E-state index contributed by atoms with van der Waals surface area (Å²) in [5, 5.41) is 0. The second-order valence-electron chi connectivity index (χ2n) is 3.51. The van der Waals surface area contributed by atoms with Crippen LogP contribution >= 0.6 is 0 Å². The summed E-state index contributed by atoms with van der Waals surface area (Å²) in [6.07, 6.45) is 3.72. The van der Waals surface area contributed by atoms with Crippen molar-refractivity contribution in [3.8, 4) is 0 Å². The summed E-state index contributed by atoms with van der Waals surface area (Å²) in [5.74, 6) is 0. The van der Waals surface area contributed by atoms with Crippen molar-refractivity contribution in [1.82, 2.24) is 0 Å². The molecule has 0 amide bonds. The first-order valence-electron chi connectivity index (χ1n) is 5.52. The number of rotatable bonds is 3. The van der Waals surface area contributed by atoms with Crippen LogP contribution in [0, 0.1) is 0 Å². The minimum Gasteiger partial charge on any atom is -0.298 e. The molecule has 0 heterocycles. The Hall–Kier alpha value is -2.15. The van der Waals surface area contributed by atoms with Crippen molar-refractivity contribution in [1.29, 1.82) is 0 Å². The summed E-state index contributed by atoms with van der Waals surface area (Å²) >= 11 is 0. The lowest BCUT2D eigenvalue weighted by molar-refractivity contribution is 0.112. The third kappa shape index (κ3) is 5.47. The summed E-state index contributed by atoms with van der Waals surface area (Å²) in [7, 11) is 0. The van der Waals surface area contributed by atoms with Crippen LogP contribution in [0.15, 0.2) is 73.3 Å². The lowest BCUT2D eigenvalue weighted by atomic mass is 10.2. The Morgan fingerprint density at radius 2 is 1.41 bits per heavy atom. The molecular formula is C16H16O. The highest BCUT2D eigenvalue weighted by molar-refractivity contribution is 5.74. The van der Waals surface area contributed by atoms with E-state index in [2.05, 4.69) is 18.7 Å². The van der Waals surface area contributed by atoms with E-state index in [1.807, 2.05) is 42.5 Å². The van der Waals surface area contributed by atoms with Gasteiger partial charge in [-0.05, 0) is 12.0 Å². The van der Waals surface area contributed by atoms with Crippen molar-refractivity contribution in [2.45, 2.75) is 6.42 Å². The van der Waals surface area contributed by atoms with Crippen molar-refractivity contribution >= 4 is 6.29 Å². The summed E-state index contributed by atoms with van der Waals surface area (Å²) in [4.78, 5) is 10.0. The van der Waals surface area contributed by atoms with E-state index < -0.39 is 0 Å². The third-order valence-corrected chi connectivity index (χ3v) is 2.16. The van der Waals surface area contributed by atoms with Crippen LogP contribution in [0.4, 0.5) is 0 Å². The van der Waals surface area contributed by atoms with Crippen molar-refractivity contribution in [2.75, 3.05) is 0 Å². The van der Waals surface area contributed by atoms with Gasteiger partial charge >= 0.3 is 0 Å². The normalized spacial score (nSPS) is 8.71. The Kier molecular flexibility index (Phi) is 6.12. The van der Waals surface area contributed by atoms with E-state index in [-0.39, 0.29) is 0 Å². The number of hydrogen-bond donors (Lipinski definition) is 0. The Bertz CT molecular complexity index is 432. The molecule has 1 heteroatoms. The molecule has 0 atom stereocenters. The molecule has 0 aromatic heterocycles. The second-order valence-corrected chi connectivity index (χ2v) is 3.51. The molecule has 0 N–H and O–H groups in total. The van der Waals surface area contributed by atoms with Gasteiger partial charge in [-0.3, -0.25) is 4.79 Å². The third-order valence-electron chi connectivity index (χ3n) is 2.16. The number of aldehydes is 1. The molecule has 0 radical (unpaired) electrons. The van der Waals surface area contributed by atoms with Crippen LogP contribution < -0.4 is 0 Å². The minimum absolute atomic E-state index is 0.729. The molecule has 17 heavy (non-hydrogen) atoms. The van der Waals surface area contributed by atoms with Crippen LogP contribution in [0.3, 0.4) is 0 Å². The molecule has 0 unspecified atom stereocenters. The van der Waals surface area contributed by atoms with Gasteiger partial charge in [-0.25, -0.2) is 0 Å². The van der Waals surface area contributed by atoms with Crippen molar-refractivity contribution in [3.05, 3.63) is 84.4 Å². The summed E-state index contributed by atoms with van der Waals surface area (Å²) in [5.41, 5.74) is 2.06. The van der Waals surface area contributed by atoms with Crippen molar-refractivity contribution < 1.29 is 4.79 Å². The molecular weight excluding hydrogens is 208 g/mol.